The first-order chi connectivity index (χ1) is 12.1. The van der Waals surface area contributed by atoms with Crippen LogP contribution in [0.15, 0.2) is 82.6 Å². The number of allylic oxidation sites excluding steroid dienone is 1. The van der Waals surface area contributed by atoms with E-state index in [9.17, 15) is 9.65 Å². The van der Waals surface area contributed by atoms with Gasteiger partial charge in [0.1, 0.15) is 5.82 Å². The third-order valence-electron chi connectivity index (χ3n) is 3.72. The Morgan fingerprint density at radius 3 is 2.00 bits per heavy atom. The van der Waals surface area contributed by atoms with Crippen molar-refractivity contribution < 1.29 is 4.39 Å². The fourth-order valence-electron chi connectivity index (χ4n) is 2.35. The number of hydrogen-bond acceptors (Lipinski definition) is 2. The van der Waals surface area contributed by atoms with E-state index in [4.69, 9.17) is 0 Å². The highest BCUT2D eigenvalue weighted by molar-refractivity contribution is 7.99. The van der Waals surface area contributed by atoms with Gasteiger partial charge in [0.2, 0.25) is 0 Å². The predicted octanol–water partition coefficient (Wildman–Crippen LogP) is 6.35. The molecule has 1 nitrogen and oxygen atoms in total. The minimum atomic E-state index is -0.307. The van der Waals surface area contributed by atoms with Crippen molar-refractivity contribution >= 4 is 23.4 Å². The summed E-state index contributed by atoms with van der Waals surface area (Å²) in [6.45, 7) is 2.07. The second-order valence-corrected chi connectivity index (χ2v) is 6.81. The van der Waals surface area contributed by atoms with E-state index in [1.165, 1.54) is 22.6 Å². The first kappa shape index (κ1) is 17.0. The van der Waals surface area contributed by atoms with Gasteiger partial charge in [-0.1, -0.05) is 53.7 Å². The van der Waals surface area contributed by atoms with E-state index in [1.807, 2.05) is 30.3 Å². The van der Waals surface area contributed by atoms with Crippen molar-refractivity contribution in [3.8, 4) is 6.07 Å². The number of hydrogen-bond donors (Lipinski definition) is 0. The fourth-order valence-corrected chi connectivity index (χ4v) is 3.17. The molecule has 3 aromatic rings. The summed E-state index contributed by atoms with van der Waals surface area (Å²) in [4.78, 5) is 2.33. The van der Waals surface area contributed by atoms with Gasteiger partial charge in [0.15, 0.2) is 0 Å². The van der Waals surface area contributed by atoms with Gasteiger partial charge in [-0.15, -0.1) is 0 Å². The van der Waals surface area contributed by atoms with Gasteiger partial charge in [0.05, 0.1) is 11.6 Å². The quantitative estimate of drug-likeness (QED) is 0.406. The van der Waals surface area contributed by atoms with Gasteiger partial charge in [0, 0.05) is 9.79 Å². The molecule has 0 atom stereocenters. The molecule has 0 fully saturated rings. The molecule has 0 aliphatic carbocycles. The largest absolute Gasteiger partial charge is 0.207 e. The van der Waals surface area contributed by atoms with E-state index in [1.54, 1.807) is 23.9 Å². The van der Waals surface area contributed by atoms with Crippen molar-refractivity contribution in [3.05, 3.63) is 95.3 Å². The molecule has 3 rings (SSSR count). The van der Waals surface area contributed by atoms with Gasteiger partial charge in [-0.2, -0.15) is 5.26 Å². The summed E-state index contributed by atoms with van der Waals surface area (Å²) in [5.74, 6) is -0.307. The van der Waals surface area contributed by atoms with E-state index < -0.39 is 0 Å². The molecule has 0 spiro atoms. The highest BCUT2D eigenvalue weighted by Gasteiger charge is 2.02. The highest BCUT2D eigenvalue weighted by atomic mass is 32.2. The first-order valence-electron chi connectivity index (χ1n) is 7.86. The Labute approximate surface area is 151 Å². The summed E-state index contributed by atoms with van der Waals surface area (Å²) in [6, 6.07) is 24.6. The lowest BCUT2D eigenvalue weighted by molar-refractivity contribution is 0.627. The molecule has 25 heavy (non-hydrogen) atoms. The van der Waals surface area contributed by atoms with Crippen LogP contribution in [0.5, 0.6) is 0 Å². The van der Waals surface area contributed by atoms with Crippen LogP contribution in [0.25, 0.3) is 11.6 Å². The molecule has 0 bridgehead atoms. The average Bonchev–Trinajstić information content (AvgIpc) is 2.64. The predicted molar refractivity (Wildman–Crippen MR) is 102 cm³/mol. The molecule has 0 amide bonds. The number of halogens is 1. The summed E-state index contributed by atoms with van der Waals surface area (Å²) >= 11 is 1.70. The summed E-state index contributed by atoms with van der Waals surface area (Å²) in [5, 5.41) is 9.37. The molecule has 0 aromatic heterocycles. The van der Waals surface area contributed by atoms with Crippen molar-refractivity contribution in [2.45, 2.75) is 16.7 Å². The van der Waals surface area contributed by atoms with E-state index in [0.717, 1.165) is 10.5 Å². The molecule has 0 radical (unpaired) electrons. The van der Waals surface area contributed by atoms with Crippen LogP contribution in [0, 0.1) is 24.1 Å². The van der Waals surface area contributed by atoms with Crippen LogP contribution in [0.2, 0.25) is 0 Å². The molecular formula is C22H16FNS. The topological polar surface area (TPSA) is 23.8 Å². The third-order valence-corrected chi connectivity index (χ3v) is 4.74. The second kappa shape index (κ2) is 7.83. The van der Waals surface area contributed by atoms with Crippen molar-refractivity contribution in [1.29, 1.82) is 5.26 Å². The summed E-state index contributed by atoms with van der Waals surface area (Å²) < 4.78 is 13.0. The van der Waals surface area contributed by atoms with Gasteiger partial charge in [-0.25, -0.2) is 4.39 Å². The van der Waals surface area contributed by atoms with Gasteiger partial charge in [-0.3, -0.25) is 0 Å². The third kappa shape index (κ3) is 4.59. The van der Waals surface area contributed by atoms with Gasteiger partial charge in [0.25, 0.3) is 0 Å². The highest BCUT2D eigenvalue weighted by Crippen LogP contribution is 2.28. The second-order valence-electron chi connectivity index (χ2n) is 5.66. The van der Waals surface area contributed by atoms with Crippen LogP contribution < -0.4 is 0 Å². The Hall–Kier alpha value is -2.83. The van der Waals surface area contributed by atoms with Crippen molar-refractivity contribution in [2.75, 3.05) is 0 Å². The lowest BCUT2D eigenvalue weighted by Gasteiger charge is -2.04. The maximum absolute atomic E-state index is 13.0. The monoisotopic (exact) mass is 345 g/mol. The normalized spacial score (nSPS) is 11.2. The standard InChI is InChI=1S/C22H16FNS/c1-16-2-10-21(11-3-16)25-22-12-4-17(5-13-22)14-19(15-24)18-6-8-20(23)9-7-18/h2-14H,1H3/b19-14-. The summed E-state index contributed by atoms with van der Waals surface area (Å²) in [6.07, 6.45) is 1.81. The molecule has 0 unspecified atom stereocenters. The van der Waals surface area contributed by atoms with Gasteiger partial charge >= 0.3 is 0 Å². The number of benzene rings is 3. The molecule has 0 saturated carbocycles. The molecule has 0 heterocycles. The first-order valence-corrected chi connectivity index (χ1v) is 8.68. The van der Waals surface area contributed by atoms with Crippen LogP contribution in [-0.2, 0) is 0 Å². The number of rotatable bonds is 4. The van der Waals surface area contributed by atoms with Crippen LogP contribution in [0.4, 0.5) is 4.39 Å². The van der Waals surface area contributed by atoms with Crippen LogP contribution in [-0.4, -0.2) is 0 Å². The summed E-state index contributed by atoms with van der Waals surface area (Å²) in [7, 11) is 0. The molecule has 0 aliphatic heterocycles. The van der Waals surface area contributed by atoms with E-state index in [-0.39, 0.29) is 5.82 Å². The zero-order valence-corrected chi connectivity index (χ0v) is 14.6. The maximum Gasteiger partial charge on any atom is 0.123 e. The average molecular weight is 345 g/mol. The SMILES string of the molecule is Cc1ccc(Sc2ccc(/C=C(/C#N)c3ccc(F)cc3)cc2)cc1. The molecular weight excluding hydrogens is 329 g/mol. The number of aryl methyl sites for hydroxylation is 1. The van der Waals surface area contributed by atoms with Gasteiger partial charge < -0.3 is 0 Å². The Bertz CT molecular complexity index is 918. The van der Waals surface area contributed by atoms with E-state index >= 15 is 0 Å². The van der Waals surface area contributed by atoms with Crippen LogP contribution in [0.3, 0.4) is 0 Å². The van der Waals surface area contributed by atoms with Gasteiger partial charge in [-0.05, 0) is 60.5 Å². The zero-order chi connectivity index (χ0) is 17.6. The Morgan fingerprint density at radius 2 is 1.44 bits per heavy atom. The smallest absolute Gasteiger partial charge is 0.123 e. The van der Waals surface area contributed by atoms with Crippen molar-refractivity contribution in [1.82, 2.24) is 0 Å². The Balaban J connectivity index is 1.78. The summed E-state index contributed by atoms with van der Waals surface area (Å²) in [5.41, 5.74) is 3.41. The van der Waals surface area contributed by atoms with E-state index in [0.29, 0.717) is 11.1 Å². The van der Waals surface area contributed by atoms with Crippen LogP contribution >= 0.6 is 11.8 Å². The Morgan fingerprint density at radius 1 is 0.880 bits per heavy atom. The molecule has 0 aliphatic rings. The lowest BCUT2D eigenvalue weighted by Crippen LogP contribution is -1.83. The maximum atomic E-state index is 13.0. The fraction of sp³-hybridized carbons (Fsp3) is 0.0455. The van der Waals surface area contributed by atoms with E-state index in [2.05, 4.69) is 37.3 Å². The Kier molecular flexibility index (Phi) is 5.33. The number of nitriles is 1. The minimum Gasteiger partial charge on any atom is -0.207 e. The van der Waals surface area contributed by atoms with Crippen molar-refractivity contribution in [3.63, 3.8) is 0 Å². The molecule has 122 valence electrons. The molecule has 0 N–H and O–H groups in total. The minimum absolute atomic E-state index is 0.307. The zero-order valence-electron chi connectivity index (χ0n) is 13.7. The lowest BCUT2D eigenvalue weighted by atomic mass is 10.0. The molecule has 0 saturated heterocycles. The molecule has 3 heteroatoms. The number of nitrogens with zero attached hydrogens (tertiary/aromatic N) is 1. The van der Waals surface area contributed by atoms with Crippen LogP contribution in [0.1, 0.15) is 16.7 Å². The van der Waals surface area contributed by atoms with Crippen molar-refractivity contribution in [2.24, 2.45) is 0 Å². The molecule has 3 aromatic carbocycles.